The highest BCUT2D eigenvalue weighted by molar-refractivity contribution is 7.53. The van der Waals surface area contributed by atoms with Gasteiger partial charge in [-0.3, -0.25) is 4.57 Å². The first-order chi connectivity index (χ1) is 7.51. The summed E-state index contributed by atoms with van der Waals surface area (Å²) in [6.45, 7) is -0.346. The predicted molar refractivity (Wildman–Crippen MR) is 57.5 cm³/mol. The molecule has 0 aliphatic heterocycles. The van der Waals surface area contributed by atoms with Gasteiger partial charge >= 0.3 is 13.7 Å². The topological polar surface area (TPSA) is 94.1 Å². The highest BCUT2D eigenvalue weighted by atomic mass is 31.2. The molecule has 0 radical (unpaired) electrons. The molecule has 0 fully saturated rings. The fourth-order valence-electron chi connectivity index (χ4n) is 0.957. The van der Waals surface area contributed by atoms with E-state index in [2.05, 4.69) is 5.32 Å². The second-order valence-corrected chi connectivity index (χ2v) is 5.35. The van der Waals surface area contributed by atoms with Crippen molar-refractivity contribution in [3.63, 3.8) is 0 Å². The van der Waals surface area contributed by atoms with Crippen molar-refractivity contribution >= 4 is 13.7 Å². The van der Waals surface area contributed by atoms with Crippen molar-refractivity contribution in [2.24, 2.45) is 0 Å². The molecule has 1 atom stereocenters. The molecule has 0 spiro atoms. The molecule has 96 valence electrons. The van der Waals surface area contributed by atoms with Crippen molar-refractivity contribution in [1.82, 2.24) is 5.32 Å². The minimum absolute atomic E-state index is 0.0716. The van der Waals surface area contributed by atoms with E-state index in [-0.39, 0.29) is 19.2 Å². The number of hydrogen-bond acceptors (Lipinski definition) is 6. The van der Waals surface area contributed by atoms with Gasteiger partial charge in [0.2, 0.25) is 0 Å². The van der Waals surface area contributed by atoms with Crippen LogP contribution in [0.3, 0.4) is 0 Å². The van der Waals surface area contributed by atoms with Crippen LogP contribution in [-0.4, -0.2) is 51.3 Å². The van der Waals surface area contributed by atoms with Gasteiger partial charge < -0.3 is 24.2 Å². The molecule has 1 amide bonds. The SMILES string of the molecule is CNC(=O)OC(CO)CCP(=O)(OC)OC. The average Bonchev–Trinajstić information content (AvgIpc) is 2.33. The Morgan fingerprint density at radius 3 is 2.38 bits per heavy atom. The molecule has 0 aliphatic carbocycles. The molecule has 1 unspecified atom stereocenters. The summed E-state index contributed by atoms with van der Waals surface area (Å²) in [4.78, 5) is 10.9. The summed E-state index contributed by atoms with van der Waals surface area (Å²) in [7, 11) is 0.837. The summed E-state index contributed by atoms with van der Waals surface area (Å²) < 4.78 is 25.9. The van der Waals surface area contributed by atoms with Crippen LogP contribution in [0.1, 0.15) is 6.42 Å². The van der Waals surface area contributed by atoms with E-state index in [0.29, 0.717) is 0 Å². The summed E-state index contributed by atoms with van der Waals surface area (Å²) in [6, 6.07) is 0. The number of hydrogen-bond donors (Lipinski definition) is 2. The van der Waals surface area contributed by atoms with Crippen LogP contribution in [0.2, 0.25) is 0 Å². The monoisotopic (exact) mass is 255 g/mol. The third-order valence-electron chi connectivity index (χ3n) is 1.96. The van der Waals surface area contributed by atoms with Gasteiger partial charge in [-0.15, -0.1) is 0 Å². The molecule has 0 rings (SSSR count). The Bertz CT molecular complexity index is 251. The minimum atomic E-state index is -3.12. The van der Waals surface area contributed by atoms with E-state index in [1.54, 1.807) is 0 Å². The molecule has 0 bridgehead atoms. The number of ether oxygens (including phenoxy) is 1. The maximum Gasteiger partial charge on any atom is 0.407 e. The van der Waals surface area contributed by atoms with E-state index in [9.17, 15) is 9.36 Å². The fraction of sp³-hybridized carbons (Fsp3) is 0.875. The van der Waals surface area contributed by atoms with Gasteiger partial charge in [0.1, 0.15) is 6.10 Å². The molecular weight excluding hydrogens is 237 g/mol. The van der Waals surface area contributed by atoms with Crippen molar-refractivity contribution < 1.29 is 28.3 Å². The Morgan fingerprint density at radius 2 is 2.00 bits per heavy atom. The van der Waals surface area contributed by atoms with Gasteiger partial charge in [0.25, 0.3) is 0 Å². The van der Waals surface area contributed by atoms with Crippen molar-refractivity contribution in [3.05, 3.63) is 0 Å². The zero-order valence-electron chi connectivity index (χ0n) is 9.63. The van der Waals surface area contributed by atoms with Crippen molar-refractivity contribution in [1.29, 1.82) is 0 Å². The maximum absolute atomic E-state index is 11.6. The third kappa shape index (κ3) is 5.46. The molecule has 0 aromatic rings. The van der Waals surface area contributed by atoms with E-state index in [1.165, 1.54) is 21.3 Å². The van der Waals surface area contributed by atoms with Crippen LogP contribution >= 0.6 is 7.60 Å². The number of carbonyl (C=O) groups is 1. The molecule has 0 aliphatic rings. The van der Waals surface area contributed by atoms with E-state index in [0.717, 1.165) is 0 Å². The fourth-order valence-corrected chi connectivity index (χ4v) is 2.08. The van der Waals surface area contributed by atoms with Crippen molar-refractivity contribution in [2.75, 3.05) is 34.0 Å². The van der Waals surface area contributed by atoms with Gasteiger partial charge in [-0.2, -0.15) is 0 Å². The van der Waals surface area contributed by atoms with Crippen LogP contribution in [0, 0.1) is 0 Å². The Balaban J connectivity index is 4.14. The predicted octanol–water partition coefficient (Wildman–Crippen LogP) is 0.579. The minimum Gasteiger partial charge on any atom is -0.444 e. The zero-order valence-corrected chi connectivity index (χ0v) is 10.5. The van der Waals surface area contributed by atoms with E-state index < -0.39 is 19.8 Å². The highest BCUT2D eigenvalue weighted by Crippen LogP contribution is 2.47. The highest BCUT2D eigenvalue weighted by Gasteiger charge is 2.24. The van der Waals surface area contributed by atoms with Crippen LogP contribution in [0.15, 0.2) is 0 Å². The van der Waals surface area contributed by atoms with Gasteiger partial charge in [0, 0.05) is 21.3 Å². The van der Waals surface area contributed by atoms with Crippen molar-refractivity contribution in [2.45, 2.75) is 12.5 Å². The van der Waals surface area contributed by atoms with Crippen LogP contribution < -0.4 is 5.32 Å². The molecule has 16 heavy (non-hydrogen) atoms. The van der Waals surface area contributed by atoms with Gasteiger partial charge in [-0.1, -0.05) is 0 Å². The molecule has 7 nitrogen and oxygen atoms in total. The lowest BCUT2D eigenvalue weighted by Crippen LogP contribution is -2.29. The number of amides is 1. The number of aliphatic hydroxyl groups excluding tert-OH is 1. The molecule has 8 heteroatoms. The number of carbonyl (C=O) groups excluding carboxylic acids is 1. The van der Waals surface area contributed by atoms with Gasteiger partial charge in [0.15, 0.2) is 0 Å². The van der Waals surface area contributed by atoms with Crippen LogP contribution in [-0.2, 0) is 18.3 Å². The second kappa shape index (κ2) is 7.62. The van der Waals surface area contributed by atoms with E-state index in [1.807, 2.05) is 0 Å². The number of nitrogens with one attached hydrogen (secondary N) is 1. The Hall–Kier alpha value is -0.620. The molecule has 0 heterocycles. The normalized spacial score (nSPS) is 13.2. The van der Waals surface area contributed by atoms with E-state index in [4.69, 9.17) is 18.9 Å². The summed E-state index contributed by atoms with van der Waals surface area (Å²) in [6.07, 6.45) is -1.10. The summed E-state index contributed by atoms with van der Waals surface area (Å²) in [5.74, 6) is 0. The van der Waals surface area contributed by atoms with Crippen molar-refractivity contribution in [3.8, 4) is 0 Å². The average molecular weight is 255 g/mol. The van der Waals surface area contributed by atoms with Crippen LogP contribution in [0.25, 0.3) is 0 Å². The zero-order chi connectivity index (χ0) is 12.6. The number of rotatable bonds is 7. The quantitative estimate of drug-likeness (QED) is 0.646. The smallest absolute Gasteiger partial charge is 0.407 e. The first-order valence-corrected chi connectivity index (χ1v) is 6.44. The second-order valence-electron chi connectivity index (χ2n) is 2.95. The Labute approximate surface area is 94.6 Å². The van der Waals surface area contributed by atoms with E-state index >= 15 is 0 Å². The molecular formula is C8H18NO6P. The number of alkyl carbamates (subject to hydrolysis) is 1. The Morgan fingerprint density at radius 1 is 1.44 bits per heavy atom. The summed E-state index contributed by atoms with van der Waals surface area (Å²) in [5.41, 5.74) is 0. The summed E-state index contributed by atoms with van der Waals surface area (Å²) in [5, 5.41) is 11.2. The molecule has 2 N–H and O–H groups in total. The van der Waals surface area contributed by atoms with Gasteiger partial charge in [0.05, 0.1) is 12.8 Å². The molecule has 0 aromatic carbocycles. The standard InChI is InChI=1S/C8H18NO6P/c1-9-8(11)15-7(6-10)4-5-16(12,13-2)14-3/h7,10H,4-6H2,1-3H3,(H,9,11). The third-order valence-corrected chi connectivity index (χ3v) is 3.88. The maximum atomic E-state index is 11.6. The molecule has 0 aromatic heterocycles. The first kappa shape index (κ1) is 15.4. The molecule has 0 saturated heterocycles. The Kier molecular flexibility index (Phi) is 7.33. The van der Waals surface area contributed by atoms with Crippen LogP contribution in [0.4, 0.5) is 4.79 Å². The van der Waals surface area contributed by atoms with Crippen LogP contribution in [0.5, 0.6) is 0 Å². The first-order valence-electron chi connectivity index (χ1n) is 4.71. The lowest BCUT2D eigenvalue weighted by Gasteiger charge is -2.18. The van der Waals surface area contributed by atoms with Gasteiger partial charge in [-0.25, -0.2) is 4.79 Å². The summed E-state index contributed by atoms with van der Waals surface area (Å²) >= 11 is 0. The lowest BCUT2D eigenvalue weighted by atomic mass is 10.3. The molecule has 0 saturated carbocycles. The van der Waals surface area contributed by atoms with Gasteiger partial charge in [-0.05, 0) is 6.42 Å². The lowest BCUT2D eigenvalue weighted by molar-refractivity contribution is 0.0562. The number of aliphatic hydroxyl groups is 1. The largest absolute Gasteiger partial charge is 0.444 e.